The lowest BCUT2D eigenvalue weighted by molar-refractivity contribution is 0.0933. The van der Waals surface area contributed by atoms with Crippen molar-refractivity contribution in [2.45, 2.75) is 45.3 Å². The molecule has 1 aromatic rings. The highest BCUT2D eigenvalue weighted by Gasteiger charge is 2.24. The van der Waals surface area contributed by atoms with Crippen LogP contribution in [0.4, 0.5) is 4.79 Å². The molecular weight excluding hydrogens is 238 g/mol. The van der Waals surface area contributed by atoms with Crippen LogP contribution < -0.4 is 0 Å². The second kappa shape index (κ2) is 6.98. The number of carbonyl (C=O) groups excluding carboxylic acids is 1. The molecule has 0 N–H and O–H groups in total. The fourth-order valence-corrected chi connectivity index (χ4v) is 2.36. The van der Waals surface area contributed by atoms with Crippen molar-refractivity contribution in [3.63, 3.8) is 0 Å². The molecule has 0 saturated heterocycles. The van der Waals surface area contributed by atoms with Crippen LogP contribution in [0.15, 0.2) is 42.6 Å². The summed E-state index contributed by atoms with van der Waals surface area (Å²) < 4.78 is 5.38. The number of hydrogen-bond acceptors (Lipinski definition) is 2. The van der Waals surface area contributed by atoms with Crippen molar-refractivity contribution in [1.82, 2.24) is 4.90 Å². The molecule has 3 heteroatoms. The number of benzene rings is 1. The highest BCUT2D eigenvalue weighted by molar-refractivity contribution is 5.69. The number of hydrogen-bond donors (Lipinski definition) is 0. The van der Waals surface area contributed by atoms with Crippen LogP contribution in [0.3, 0.4) is 0 Å². The fourth-order valence-electron chi connectivity index (χ4n) is 2.36. The zero-order valence-corrected chi connectivity index (χ0v) is 11.4. The third-order valence-corrected chi connectivity index (χ3v) is 3.36. The Hall–Kier alpha value is -1.77. The summed E-state index contributed by atoms with van der Waals surface area (Å²) in [6, 6.07) is 10.1. The minimum Gasteiger partial charge on any atom is -0.444 e. The monoisotopic (exact) mass is 259 g/mol. The molecule has 0 fully saturated rings. The zero-order chi connectivity index (χ0) is 13.5. The van der Waals surface area contributed by atoms with Crippen LogP contribution in [-0.2, 0) is 11.3 Å². The summed E-state index contributed by atoms with van der Waals surface area (Å²) in [5.41, 5.74) is 1.02. The lowest BCUT2D eigenvalue weighted by atomic mass is 10.0. The van der Waals surface area contributed by atoms with E-state index in [1.54, 1.807) is 4.90 Å². The van der Waals surface area contributed by atoms with Crippen LogP contribution in [0.5, 0.6) is 0 Å². The topological polar surface area (TPSA) is 29.5 Å². The molecule has 2 rings (SSSR count). The molecule has 1 aliphatic rings. The van der Waals surface area contributed by atoms with Crippen LogP contribution in [0.1, 0.15) is 38.2 Å². The predicted molar refractivity (Wildman–Crippen MR) is 75.5 cm³/mol. The van der Waals surface area contributed by atoms with E-state index in [9.17, 15) is 4.79 Å². The Kier molecular flexibility index (Phi) is 5.01. The molecule has 1 aromatic carbocycles. The lowest BCUT2D eigenvalue weighted by Gasteiger charge is -2.30. The van der Waals surface area contributed by atoms with E-state index in [2.05, 4.69) is 6.92 Å². The van der Waals surface area contributed by atoms with Gasteiger partial charge in [-0.1, -0.05) is 49.8 Å². The van der Waals surface area contributed by atoms with E-state index in [1.165, 1.54) is 0 Å². The summed E-state index contributed by atoms with van der Waals surface area (Å²) in [5, 5.41) is 0. The molecule has 1 atom stereocenters. The second-order valence-electron chi connectivity index (χ2n) is 4.85. The van der Waals surface area contributed by atoms with E-state index >= 15 is 0 Å². The van der Waals surface area contributed by atoms with Crippen LogP contribution in [0, 0.1) is 0 Å². The molecule has 0 unspecified atom stereocenters. The first-order valence-corrected chi connectivity index (χ1v) is 6.97. The maximum atomic E-state index is 12.1. The van der Waals surface area contributed by atoms with Gasteiger partial charge in [0.25, 0.3) is 0 Å². The minimum absolute atomic E-state index is 0.238. The van der Waals surface area contributed by atoms with E-state index in [0.29, 0.717) is 12.6 Å². The molecule has 3 nitrogen and oxygen atoms in total. The van der Waals surface area contributed by atoms with Crippen molar-refractivity contribution in [3.8, 4) is 0 Å². The Morgan fingerprint density at radius 1 is 1.37 bits per heavy atom. The van der Waals surface area contributed by atoms with Gasteiger partial charge < -0.3 is 4.74 Å². The maximum absolute atomic E-state index is 12.1. The first-order chi connectivity index (χ1) is 9.31. The average Bonchev–Trinajstić information content (AvgIpc) is 2.47. The Labute approximate surface area is 114 Å². The molecule has 19 heavy (non-hydrogen) atoms. The first kappa shape index (κ1) is 13.7. The van der Waals surface area contributed by atoms with Gasteiger partial charge in [-0.15, -0.1) is 0 Å². The van der Waals surface area contributed by atoms with Crippen molar-refractivity contribution in [1.29, 1.82) is 0 Å². The van der Waals surface area contributed by atoms with E-state index in [1.807, 2.05) is 42.6 Å². The summed E-state index contributed by atoms with van der Waals surface area (Å²) in [7, 11) is 0. The van der Waals surface area contributed by atoms with Crippen LogP contribution in [0.25, 0.3) is 0 Å². The molecule has 0 aliphatic carbocycles. The number of allylic oxidation sites excluding steroid dienone is 1. The number of carbonyl (C=O) groups is 1. The largest absolute Gasteiger partial charge is 0.444 e. The van der Waals surface area contributed by atoms with Gasteiger partial charge in [-0.3, -0.25) is 4.90 Å². The standard InChI is InChI=1S/C16H21NO2/c1-2-8-15-11-6-7-12-17(15)16(18)19-13-14-9-4-3-5-10-14/h3-5,7,9-10,12,15H,2,6,8,11,13H2,1H3/t15-/m1/s1. The normalized spacial score (nSPS) is 18.4. The Balaban J connectivity index is 1.91. The summed E-state index contributed by atoms with van der Waals surface area (Å²) >= 11 is 0. The molecule has 0 bridgehead atoms. The van der Waals surface area contributed by atoms with Crippen LogP contribution in [-0.4, -0.2) is 17.0 Å². The van der Waals surface area contributed by atoms with Gasteiger partial charge in [0.15, 0.2) is 0 Å². The van der Waals surface area contributed by atoms with Gasteiger partial charge in [0.05, 0.1) is 0 Å². The maximum Gasteiger partial charge on any atom is 0.414 e. The quantitative estimate of drug-likeness (QED) is 0.814. The van der Waals surface area contributed by atoms with Gasteiger partial charge in [-0.05, 0) is 24.8 Å². The van der Waals surface area contributed by atoms with E-state index in [-0.39, 0.29) is 6.09 Å². The number of nitrogens with zero attached hydrogens (tertiary/aromatic N) is 1. The summed E-state index contributed by atoms with van der Waals surface area (Å²) in [5.74, 6) is 0. The van der Waals surface area contributed by atoms with Gasteiger partial charge >= 0.3 is 6.09 Å². The smallest absolute Gasteiger partial charge is 0.414 e. The Morgan fingerprint density at radius 2 is 2.16 bits per heavy atom. The summed E-state index contributed by atoms with van der Waals surface area (Å²) in [6.45, 7) is 2.48. The zero-order valence-electron chi connectivity index (χ0n) is 11.4. The molecule has 102 valence electrons. The highest BCUT2D eigenvalue weighted by atomic mass is 16.6. The van der Waals surface area contributed by atoms with E-state index in [0.717, 1.165) is 31.2 Å². The number of ether oxygens (including phenoxy) is 1. The lowest BCUT2D eigenvalue weighted by Crippen LogP contribution is -2.38. The highest BCUT2D eigenvalue weighted by Crippen LogP contribution is 2.20. The molecule has 1 heterocycles. The predicted octanol–water partition coefficient (Wildman–Crippen LogP) is 4.10. The molecule has 0 aromatic heterocycles. The van der Waals surface area contributed by atoms with Crippen molar-refractivity contribution in [2.24, 2.45) is 0 Å². The van der Waals surface area contributed by atoms with Gasteiger partial charge in [-0.25, -0.2) is 4.79 Å². The summed E-state index contributed by atoms with van der Waals surface area (Å²) in [6.07, 6.45) is 7.87. The van der Waals surface area contributed by atoms with Crippen LogP contribution >= 0.6 is 0 Å². The van der Waals surface area contributed by atoms with Crippen LogP contribution in [0.2, 0.25) is 0 Å². The van der Waals surface area contributed by atoms with E-state index < -0.39 is 0 Å². The molecular formula is C16H21NO2. The van der Waals surface area contributed by atoms with Crippen molar-refractivity contribution >= 4 is 6.09 Å². The second-order valence-corrected chi connectivity index (χ2v) is 4.85. The molecule has 0 radical (unpaired) electrons. The first-order valence-electron chi connectivity index (χ1n) is 6.97. The summed E-state index contributed by atoms with van der Waals surface area (Å²) in [4.78, 5) is 13.9. The van der Waals surface area contributed by atoms with Crippen molar-refractivity contribution in [3.05, 3.63) is 48.2 Å². The Bertz CT molecular complexity index is 428. The van der Waals surface area contributed by atoms with E-state index in [4.69, 9.17) is 4.74 Å². The molecule has 1 aliphatic heterocycles. The minimum atomic E-state index is -0.238. The average molecular weight is 259 g/mol. The van der Waals surface area contributed by atoms with Crippen molar-refractivity contribution in [2.75, 3.05) is 0 Å². The van der Waals surface area contributed by atoms with Gasteiger partial charge in [-0.2, -0.15) is 0 Å². The van der Waals surface area contributed by atoms with Gasteiger partial charge in [0.1, 0.15) is 6.61 Å². The fraction of sp³-hybridized carbons (Fsp3) is 0.438. The third-order valence-electron chi connectivity index (χ3n) is 3.36. The molecule has 1 amide bonds. The third kappa shape index (κ3) is 3.85. The Morgan fingerprint density at radius 3 is 2.89 bits per heavy atom. The molecule has 0 saturated carbocycles. The number of amides is 1. The van der Waals surface area contributed by atoms with Gasteiger partial charge in [0.2, 0.25) is 0 Å². The SMILES string of the molecule is CCC[C@@H]1CCC=CN1C(=O)OCc1ccccc1. The van der Waals surface area contributed by atoms with Crippen molar-refractivity contribution < 1.29 is 9.53 Å². The van der Waals surface area contributed by atoms with Gasteiger partial charge in [0, 0.05) is 12.2 Å². The molecule has 0 spiro atoms. The number of rotatable bonds is 4.